The summed E-state index contributed by atoms with van der Waals surface area (Å²) in [5, 5.41) is 3.80. The third-order valence-corrected chi connectivity index (χ3v) is 2.03. The van der Waals surface area contributed by atoms with Crippen molar-refractivity contribution in [3.05, 3.63) is 29.7 Å². The van der Waals surface area contributed by atoms with Crippen molar-refractivity contribution in [2.75, 3.05) is 0 Å². The van der Waals surface area contributed by atoms with Gasteiger partial charge in [0.25, 0.3) is 0 Å². The van der Waals surface area contributed by atoms with E-state index in [1.54, 1.807) is 6.20 Å². The van der Waals surface area contributed by atoms with Crippen LogP contribution in [-0.4, -0.2) is 9.55 Å². The van der Waals surface area contributed by atoms with E-state index in [4.69, 9.17) is 5.84 Å². The molecule has 0 saturated carbocycles. The van der Waals surface area contributed by atoms with Gasteiger partial charge in [0.1, 0.15) is 0 Å². The van der Waals surface area contributed by atoms with E-state index in [9.17, 15) is 0 Å². The highest BCUT2D eigenvalue weighted by molar-refractivity contribution is 5.23. The lowest BCUT2D eigenvalue weighted by atomic mass is 9.92. The van der Waals surface area contributed by atoms with Gasteiger partial charge in [-0.3, -0.25) is 4.98 Å². The average molecular weight is 206 g/mol. The van der Waals surface area contributed by atoms with Crippen molar-refractivity contribution in [1.82, 2.24) is 9.55 Å². The third kappa shape index (κ3) is 2.46. The Morgan fingerprint density at radius 3 is 2.60 bits per heavy atom. The van der Waals surface area contributed by atoms with Crippen molar-refractivity contribution in [3.63, 3.8) is 0 Å². The Morgan fingerprint density at radius 2 is 2.13 bits per heavy atom. The van der Waals surface area contributed by atoms with E-state index < -0.39 is 0 Å². The van der Waals surface area contributed by atoms with Crippen LogP contribution in [-0.2, 0) is 5.41 Å². The van der Waals surface area contributed by atoms with Crippen LogP contribution in [0.3, 0.4) is 0 Å². The Bertz CT molecular complexity index is 421. The van der Waals surface area contributed by atoms with E-state index in [0.717, 1.165) is 5.69 Å². The Morgan fingerprint density at radius 1 is 1.47 bits per heavy atom. The molecule has 0 aliphatic carbocycles. The average Bonchev–Trinajstić information content (AvgIpc) is 2.16. The Hall–Kier alpha value is -1.58. The van der Waals surface area contributed by atoms with Crippen molar-refractivity contribution >= 4 is 6.20 Å². The molecule has 0 aliphatic rings. The first-order chi connectivity index (χ1) is 7.00. The summed E-state index contributed by atoms with van der Waals surface area (Å²) < 4.78 is 1.87. The molecule has 0 aliphatic heterocycles. The lowest BCUT2D eigenvalue weighted by Crippen LogP contribution is -2.32. The van der Waals surface area contributed by atoms with E-state index in [1.165, 1.54) is 0 Å². The summed E-state index contributed by atoms with van der Waals surface area (Å²) in [6, 6.07) is 0. The first-order valence-electron chi connectivity index (χ1n) is 4.95. The zero-order chi connectivity index (χ0) is 11.5. The summed E-state index contributed by atoms with van der Waals surface area (Å²) in [7, 11) is 0. The molecule has 0 fully saturated rings. The smallest absolute Gasteiger partial charge is 0.178 e. The highest BCUT2D eigenvalue weighted by Crippen LogP contribution is 2.15. The van der Waals surface area contributed by atoms with E-state index in [-0.39, 0.29) is 5.41 Å². The van der Waals surface area contributed by atoms with Crippen LogP contribution < -0.4 is 11.3 Å². The second-order valence-corrected chi connectivity index (χ2v) is 4.37. The highest BCUT2D eigenvalue weighted by Gasteiger charge is 2.18. The molecule has 0 aromatic carbocycles. The highest BCUT2D eigenvalue weighted by atomic mass is 15.2. The molecular formula is C11H18N4. The van der Waals surface area contributed by atoms with Crippen molar-refractivity contribution in [2.45, 2.75) is 33.1 Å². The maximum Gasteiger partial charge on any atom is 0.178 e. The molecule has 0 radical (unpaired) electrons. The maximum atomic E-state index is 5.41. The number of hydrogen-bond acceptors (Lipinski definition) is 3. The standard InChI is InChI=1S/C11H18N4/c1-5-7-15-8-6-13-9(10(15)14-12)11(2,3)4/h5-8H,12H2,1-4H3/b7-5-,14-10-. The summed E-state index contributed by atoms with van der Waals surface area (Å²) in [6.45, 7) is 8.21. The maximum absolute atomic E-state index is 5.41. The topological polar surface area (TPSA) is 56.2 Å². The van der Waals surface area contributed by atoms with Gasteiger partial charge >= 0.3 is 0 Å². The van der Waals surface area contributed by atoms with Crippen molar-refractivity contribution in [2.24, 2.45) is 10.9 Å². The van der Waals surface area contributed by atoms with E-state index >= 15 is 0 Å². The first kappa shape index (κ1) is 11.5. The van der Waals surface area contributed by atoms with Crippen molar-refractivity contribution < 1.29 is 0 Å². The second-order valence-electron chi connectivity index (χ2n) is 4.37. The molecule has 15 heavy (non-hydrogen) atoms. The Balaban J connectivity index is 3.50. The molecular weight excluding hydrogens is 188 g/mol. The normalized spacial score (nSPS) is 13.7. The van der Waals surface area contributed by atoms with Gasteiger partial charge in [-0.2, -0.15) is 5.10 Å². The zero-order valence-electron chi connectivity index (χ0n) is 9.73. The molecule has 2 N–H and O–H groups in total. The molecule has 1 rings (SSSR count). The number of nitrogens with two attached hydrogens (primary N) is 1. The summed E-state index contributed by atoms with van der Waals surface area (Å²) in [4.78, 5) is 4.34. The van der Waals surface area contributed by atoms with Gasteiger partial charge < -0.3 is 10.4 Å². The fraction of sp³-hybridized carbons (Fsp3) is 0.455. The van der Waals surface area contributed by atoms with E-state index in [2.05, 4.69) is 30.9 Å². The van der Waals surface area contributed by atoms with Crippen molar-refractivity contribution in [1.29, 1.82) is 0 Å². The van der Waals surface area contributed by atoms with Crippen LogP contribution in [0.2, 0.25) is 0 Å². The molecule has 1 aromatic heterocycles. The quantitative estimate of drug-likeness (QED) is 0.558. The van der Waals surface area contributed by atoms with E-state index in [1.807, 2.05) is 30.0 Å². The summed E-state index contributed by atoms with van der Waals surface area (Å²) in [5.41, 5.74) is 1.52. The number of rotatable bonds is 1. The molecule has 0 unspecified atom stereocenters. The molecule has 0 amide bonds. The minimum atomic E-state index is -0.0667. The molecule has 0 bridgehead atoms. The molecule has 0 atom stereocenters. The Kier molecular flexibility index (Phi) is 3.29. The lowest BCUT2D eigenvalue weighted by molar-refractivity contribution is 0.550. The fourth-order valence-electron chi connectivity index (χ4n) is 1.37. The van der Waals surface area contributed by atoms with Crippen LogP contribution in [0.15, 0.2) is 23.6 Å². The number of nitrogens with zero attached hydrogens (tertiary/aromatic N) is 3. The predicted octanol–water partition coefficient (Wildman–Crippen LogP) is 1.45. The van der Waals surface area contributed by atoms with Gasteiger partial charge in [0.2, 0.25) is 0 Å². The van der Waals surface area contributed by atoms with Crippen LogP contribution in [0.4, 0.5) is 0 Å². The second kappa shape index (κ2) is 4.29. The fourth-order valence-corrected chi connectivity index (χ4v) is 1.37. The Labute approximate surface area is 90.2 Å². The number of allylic oxidation sites excluding steroid dienone is 1. The SMILES string of the molecule is C/C=C\n1ccnc(C(C)(C)C)/c1=N/N. The monoisotopic (exact) mass is 206 g/mol. The van der Waals surface area contributed by atoms with Gasteiger partial charge in [0, 0.05) is 24.0 Å². The van der Waals surface area contributed by atoms with Gasteiger partial charge in [-0.25, -0.2) is 0 Å². The van der Waals surface area contributed by atoms with Gasteiger partial charge in [-0.15, -0.1) is 0 Å². The molecule has 82 valence electrons. The lowest BCUT2D eigenvalue weighted by Gasteiger charge is -2.18. The van der Waals surface area contributed by atoms with Crippen LogP contribution in [0.5, 0.6) is 0 Å². The van der Waals surface area contributed by atoms with Crippen LogP contribution >= 0.6 is 0 Å². The molecule has 0 spiro atoms. The number of hydrogen-bond donors (Lipinski definition) is 1. The minimum absolute atomic E-state index is 0.0667. The largest absolute Gasteiger partial charge is 0.321 e. The van der Waals surface area contributed by atoms with Crippen LogP contribution in [0, 0.1) is 0 Å². The summed E-state index contributed by atoms with van der Waals surface area (Å²) in [6.07, 6.45) is 7.43. The molecule has 1 heterocycles. The number of aromatic nitrogens is 2. The van der Waals surface area contributed by atoms with Gasteiger partial charge in [-0.1, -0.05) is 26.8 Å². The van der Waals surface area contributed by atoms with Gasteiger partial charge in [0.05, 0.1) is 5.69 Å². The minimum Gasteiger partial charge on any atom is -0.321 e. The molecule has 1 aromatic rings. The molecule has 0 saturated heterocycles. The molecule has 4 heteroatoms. The van der Waals surface area contributed by atoms with Crippen molar-refractivity contribution in [3.8, 4) is 0 Å². The van der Waals surface area contributed by atoms with E-state index in [0.29, 0.717) is 5.49 Å². The molecule has 4 nitrogen and oxygen atoms in total. The van der Waals surface area contributed by atoms with Crippen LogP contribution in [0.25, 0.3) is 6.20 Å². The van der Waals surface area contributed by atoms with Gasteiger partial charge in [0.15, 0.2) is 5.49 Å². The van der Waals surface area contributed by atoms with Gasteiger partial charge in [-0.05, 0) is 6.92 Å². The predicted molar refractivity (Wildman–Crippen MR) is 61.7 cm³/mol. The summed E-state index contributed by atoms with van der Waals surface area (Å²) in [5.74, 6) is 5.41. The first-order valence-corrected chi connectivity index (χ1v) is 4.95. The summed E-state index contributed by atoms with van der Waals surface area (Å²) >= 11 is 0. The van der Waals surface area contributed by atoms with Crippen LogP contribution in [0.1, 0.15) is 33.4 Å². The zero-order valence-corrected chi connectivity index (χ0v) is 9.73. The third-order valence-electron chi connectivity index (χ3n) is 2.03.